The minimum absolute atomic E-state index is 0.0228. The van der Waals surface area contributed by atoms with E-state index in [0.29, 0.717) is 0 Å². The number of Topliss-reactive ketones (excluding diaryl/α,β-unsaturated/α-hetero) is 2. The summed E-state index contributed by atoms with van der Waals surface area (Å²) in [6, 6.07) is 2.50. The summed E-state index contributed by atoms with van der Waals surface area (Å²) in [4.78, 5) is 39.7. The van der Waals surface area contributed by atoms with E-state index < -0.39 is 81.6 Å². The highest BCUT2D eigenvalue weighted by molar-refractivity contribution is 6.24. The van der Waals surface area contributed by atoms with E-state index in [1.807, 2.05) is 0 Å². The number of likely N-dealkylation sites (N-methyl/N-ethyl adjacent to an activating group) is 1. The maximum Gasteiger partial charge on any atom is 0.255 e. The number of rotatable bonds is 2. The number of nitrogens with zero attached hydrogens (tertiary/aromatic N) is 1. The summed E-state index contributed by atoms with van der Waals surface area (Å²) in [7, 11) is 2.79. The molecule has 0 aromatic heterocycles. The second-order valence-corrected chi connectivity index (χ2v) is 8.45. The number of ketones is 2. The number of phenols is 1. The fraction of sp³-hybridized carbons (Fsp3) is 0.381. The normalized spacial score (nSPS) is 34.4. The lowest BCUT2D eigenvalue weighted by atomic mass is 9.55. The van der Waals surface area contributed by atoms with Gasteiger partial charge in [-0.3, -0.25) is 19.3 Å². The van der Waals surface area contributed by atoms with Crippen LogP contribution in [-0.2, 0) is 14.4 Å². The molecule has 6 atom stereocenters. The molecule has 1 aromatic rings. The Labute approximate surface area is 181 Å². The molecule has 0 saturated heterocycles. The number of benzene rings is 1. The number of phenolic OH excluding ortho intramolecular Hbond substituents is 1. The number of aromatic hydroxyl groups is 1. The molecular weight excluding hydrogens is 424 g/mol. The number of hydrogen-bond donors (Lipinski definition) is 7. The number of primary amides is 1. The van der Waals surface area contributed by atoms with Gasteiger partial charge in [-0.05, 0) is 25.7 Å². The van der Waals surface area contributed by atoms with Gasteiger partial charge in [0.1, 0.15) is 22.8 Å². The van der Waals surface area contributed by atoms with Gasteiger partial charge < -0.3 is 36.4 Å². The number of aliphatic hydroxyl groups excluding tert-OH is 4. The Balaban J connectivity index is 2.07. The molecule has 0 radical (unpaired) electrons. The van der Waals surface area contributed by atoms with Crippen molar-refractivity contribution in [3.63, 3.8) is 0 Å². The minimum Gasteiger partial charge on any atom is -0.508 e. The highest BCUT2D eigenvalue weighted by atomic mass is 16.4. The molecule has 4 rings (SSSR count). The van der Waals surface area contributed by atoms with Crippen molar-refractivity contribution in [2.75, 3.05) is 14.1 Å². The van der Waals surface area contributed by atoms with Crippen molar-refractivity contribution in [1.29, 1.82) is 0 Å². The summed E-state index contributed by atoms with van der Waals surface area (Å²) in [6.07, 6.45) is -3.44. The van der Waals surface area contributed by atoms with Gasteiger partial charge in [0, 0.05) is 11.5 Å². The Bertz CT molecular complexity index is 1140. The Morgan fingerprint density at radius 2 is 1.75 bits per heavy atom. The summed E-state index contributed by atoms with van der Waals surface area (Å²) in [5.41, 5.74) is 0.311. The van der Waals surface area contributed by atoms with Crippen LogP contribution in [0, 0.1) is 11.8 Å². The first kappa shape index (κ1) is 22.0. The third-order valence-electron chi connectivity index (χ3n) is 6.62. The summed E-state index contributed by atoms with van der Waals surface area (Å²) < 4.78 is 0. The molecule has 11 heteroatoms. The zero-order valence-corrected chi connectivity index (χ0v) is 17.1. The van der Waals surface area contributed by atoms with Gasteiger partial charge in [0.25, 0.3) is 5.91 Å². The smallest absolute Gasteiger partial charge is 0.255 e. The van der Waals surface area contributed by atoms with E-state index in [2.05, 4.69) is 0 Å². The number of fused-ring (bicyclic) bond motifs is 3. The van der Waals surface area contributed by atoms with Gasteiger partial charge in [0.15, 0.2) is 11.4 Å². The molecule has 0 unspecified atom stereocenters. The van der Waals surface area contributed by atoms with Crippen molar-refractivity contribution in [3.8, 4) is 5.75 Å². The molecule has 1 amide bonds. The van der Waals surface area contributed by atoms with Crippen LogP contribution in [0.2, 0.25) is 0 Å². The van der Waals surface area contributed by atoms with Crippen LogP contribution in [0.1, 0.15) is 17.2 Å². The third-order valence-corrected chi connectivity index (χ3v) is 6.62. The second-order valence-electron chi connectivity index (χ2n) is 8.45. The standard InChI is InChI=1S/C21H22N2O9/c1-23(2)13-12-16(27)9-10(15(26)8-6(14(9)25)4-3-5-7(8)24)18(29)21(12,32)19(30)11(17(13)28)20(22)31/h3-5,9,12-14,16,24-27,30,32H,1-2H3,(H2,22,31)/t9-,12-,13-,14-,16-,21-/m0/s1. The van der Waals surface area contributed by atoms with E-state index in [1.165, 1.54) is 37.2 Å². The van der Waals surface area contributed by atoms with Crippen LogP contribution in [0.3, 0.4) is 0 Å². The van der Waals surface area contributed by atoms with E-state index in [9.17, 15) is 45.0 Å². The van der Waals surface area contributed by atoms with Gasteiger partial charge >= 0.3 is 0 Å². The van der Waals surface area contributed by atoms with Crippen LogP contribution in [0.4, 0.5) is 0 Å². The van der Waals surface area contributed by atoms with Gasteiger partial charge in [-0.25, -0.2) is 0 Å². The minimum atomic E-state index is -3.01. The molecule has 3 aliphatic carbocycles. The van der Waals surface area contributed by atoms with E-state index in [-0.39, 0.29) is 11.1 Å². The van der Waals surface area contributed by atoms with Crippen LogP contribution in [-0.4, -0.2) is 84.9 Å². The highest BCUT2D eigenvalue weighted by Gasteiger charge is 2.68. The number of hydrogen-bond acceptors (Lipinski definition) is 10. The van der Waals surface area contributed by atoms with Crippen molar-refractivity contribution in [2.45, 2.75) is 23.9 Å². The lowest BCUT2D eigenvalue weighted by molar-refractivity contribution is -0.174. The first-order chi connectivity index (χ1) is 14.9. The van der Waals surface area contributed by atoms with E-state index >= 15 is 0 Å². The predicted molar refractivity (Wildman–Crippen MR) is 107 cm³/mol. The molecule has 3 aliphatic rings. The molecule has 8 N–H and O–H groups in total. The summed E-state index contributed by atoms with van der Waals surface area (Å²) in [5, 5.41) is 65.3. The quantitative estimate of drug-likeness (QED) is 0.260. The molecule has 0 heterocycles. The van der Waals surface area contributed by atoms with Crippen molar-refractivity contribution >= 4 is 23.2 Å². The van der Waals surface area contributed by atoms with E-state index in [0.717, 1.165) is 0 Å². The Kier molecular flexibility index (Phi) is 4.72. The molecular formula is C21H22N2O9. The first-order valence-electron chi connectivity index (χ1n) is 9.70. The average molecular weight is 446 g/mol. The summed E-state index contributed by atoms with van der Waals surface area (Å²) >= 11 is 0. The fourth-order valence-corrected chi connectivity index (χ4v) is 5.24. The van der Waals surface area contributed by atoms with Crippen LogP contribution in [0.15, 0.2) is 35.1 Å². The van der Waals surface area contributed by atoms with Crippen molar-refractivity contribution in [2.24, 2.45) is 17.6 Å². The molecule has 1 fully saturated rings. The zero-order valence-electron chi connectivity index (χ0n) is 17.1. The zero-order chi connectivity index (χ0) is 23.9. The predicted octanol–water partition coefficient (Wildman–Crippen LogP) is -1.57. The number of carbonyl (C=O) groups is 3. The molecule has 11 nitrogen and oxygen atoms in total. The maximum atomic E-state index is 13.5. The molecule has 0 aliphatic heterocycles. The van der Waals surface area contributed by atoms with Gasteiger partial charge in [0.05, 0.1) is 29.7 Å². The molecule has 0 spiro atoms. The number of amides is 1. The number of nitrogens with two attached hydrogens (primary N) is 1. The molecule has 1 aromatic carbocycles. The van der Waals surface area contributed by atoms with Crippen LogP contribution in [0.25, 0.3) is 5.76 Å². The first-order valence-corrected chi connectivity index (χ1v) is 9.70. The van der Waals surface area contributed by atoms with Crippen LogP contribution < -0.4 is 5.73 Å². The van der Waals surface area contributed by atoms with E-state index in [1.54, 1.807) is 0 Å². The van der Waals surface area contributed by atoms with Gasteiger partial charge in [0.2, 0.25) is 5.78 Å². The lowest BCUT2D eigenvalue weighted by Crippen LogP contribution is -2.70. The van der Waals surface area contributed by atoms with Crippen molar-refractivity contribution in [3.05, 3.63) is 46.2 Å². The maximum absolute atomic E-state index is 13.5. The lowest BCUT2D eigenvalue weighted by Gasteiger charge is -2.53. The van der Waals surface area contributed by atoms with Crippen LogP contribution >= 0.6 is 0 Å². The topological polar surface area (TPSA) is 202 Å². The molecule has 1 saturated carbocycles. The van der Waals surface area contributed by atoms with Crippen molar-refractivity contribution in [1.82, 2.24) is 4.90 Å². The molecule has 0 bridgehead atoms. The Morgan fingerprint density at radius 1 is 1.12 bits per heavy atom. The SMILES string of the molecule is CN(C)[C@@H]1C(=O)C(C(N)=O)=C(O)[C@@]2(O)C(=O)C3=C(O)c4c(O)cccc4[C@H](O)[C@H]3[C@H](O)[C@H]12. The second kappa shape index (κ2) is 6.87. The summed E-state index contributed by atoms with van der Waals surface area (Å²) in [5.74, 6) is -9.56. The number of carbonyl (C=O) groups excluding carboxylic acids is 3. The highest BCUT2D eigenvalue weighted by Crippen LogP contribution is 2.55. The monoisotopic (exact) mass is 446 g/mol. The largest absolute Gasteiger partial charge is 0.508 e. The van der Waals surface area contributed by atoms with E-state index in [4.69, 9.17) is 5.73 Å². The summed E-state index contributed by atoms with van der Waals surface area (Å²) in [6.45, 7) is 0. The third kappa shape index (κ3) is 2.47. The van der Waals surface area contributed by atoms with Crippen LogP contribution in [0.5, 0.6) is 5.75 Å². The average Bonchev–Trinajstić information content (AvgIpc) is 2.70. The Morgan fingerprint density at radius 3 is 2.31 bits per heavy atom. The van der Waals surface area contributed by atoms with Crippen molar-refractivity contribution < 1.29 is 45.0 Å². The fourth-order valence-electron chi connectivity index (χ4n) is 5.24. The molecule has 170 valence electrons. The number of aliphatic hydroxyl groups is 5. The molecule has 32 heavy (non-hydrogen) atoms. The Hall–Kier alpha value is -3.25. The van der Waals surface area contributed by atoms with Gasteiger partial charge in [-0.15, -0.1) is 0 Å². The van der Waals surface area contributed by atoms with Gasteiger partial charge in [-0.1, -0.05) is 12.1 Å². The van der Waals surface area contributed by atoms with Gasteiger partial charge in [-0.2, -0.15) is 0 Å².